The summed E-state index contributed by atoms with van der Waals surface area (Å²) in [6.07, 6.45) is 2.88. The Hall–Kier alpha value is -1.39. The van der Waals surface area contributed by atoms with E-state index in [0.29, 0.717) is 18.1 Å². The van der Waals surface area contributed by atoms with Gasteiger partial charge in [-0.05, 0) is 44.7 Å². The molecule has 4 heteroatoms. The second kappa shape index (κ2) is 7.45. The number of piperidine rings is 1. The zero-order chi connectivity index (χ0) is 16.2. The van der Waals surface area contributed by atoms with Crippen LogP contribution >= 0.6 is 0 Å². The van der Waals surface area contributed by atoms with E-state index in [1.54, 1.807) is 0 Å². The summed E-state index contributed by atoms with van der Waals surface area (Å²) in [7, 11) is 0. The van der Waals surface area contributed by atoms with Crippen LogP contribution in [0.25, 0.3) is 0 Å². The van der Waals surface area contributed by atoms with Crippen LogP contribution in [-0.4, -0.2) is 60.6 Å². The van der Waals surface area contributed by atoms with Gasteiger partial charge in [-0.15, -0.1) is 0 Å². The summed E-state index contributed by atoms with van der Waals surface area (Å²) in [5.41, 5.74) is 0.807. The van der Waals surface area contributed by atoms with Crippen LogP contribution in [0, 0.1) is 5.92 Å². The molecule has 0 unspecified atom stereocenters. The summed E-state index contributed by atoms with van der Waals surface area (Å²) in [6.45, 7) is 9.29. The van der Waals surface area contributed by atoms with Crippen molar-refractivity contribution in [2.75, 3.05) is 32.7 Å². The van der Waals surface area contributed by atoms with Gasteiger partial charge in [-0.3, -0.25) is 9.69 Å². The van der Waals surface area contributed by atoms with Crippen molar-refractivity contribution < 1.29 is 9.53 Å². The van der Waals surface area contributed by atoms with Crippen molar-refractivity contribution in [1.29, 1.82) is 0 Å². The molecule has 126 valence electrons. The minimum Gasteiger partial charge on any atom is -0.373 e. The molecule has 2 saturated heterocycles. The Bertz CT molecular complexity index is 501. The molecule has 4 nitrogen and oxygen atoms in total. The number of likely N-dealkylation sites (tertiary alicyclic amines) is 1. The van der Waals surface area contributed by atoms with Crippen LogP contribution in [-0.2, 0) is 4.74 Å². The first-order chi connectivity index (χ1) is 11.1. The minimum absolute atomic E-state index is 0.178. The number of nitrogens with zero attached hydrogens (tertiary/aromatic N) is 2. The lowest BCUT2D eigenvalue weighted by Crippen LogP contribution is -2.48. The van der Waals surface area contributed by atoms with Crippen molar-refractivity contribution in [3.05, 3.63) is 35.9 Å². The Kier molecular flexibility index (Phi) is 5.34. The van der Waals surface area contributed by atoms with Crippen LogP contribution in [0.4, 0.5) is 0 Å². The van der Waals surface area contributed by atoms with Crippen LogP contribution in [0.3, 0.4) is 0 Å². The van der Waals surface area contributed by atoms with E-state index < -0.39 is 0 Å². The zero-order valence-corrected chi connectivity index (χ0v) is 14.3. The molecule has 0 saturated carbocycles. The fourth-order valence-electron chi connectivity index (χ4n) is 3.88. The van der Waals surface area contributed by atoms with E-state index in [9.17, 15) is 4.79 Å². The maximum Gasteiger partial charge on any atom is 0.253 e. The number of carbonyl (C=O) groups excluding carboxylic acids is 1. The number of ether oxygens (including phenoxy) is 1. The van der Waals surface area contributed by atoms with Gasteiger partial charge in [0.2, 0.25) is 0 Å². The van der Waals surface area contributed by atoms with Crippen LogP contribution in [0.15, 0.2) is 30.3 Å². The largest absolute Gasteiger partial charge is 0.373 e. The molecular formula is C19H28N2O2. The molecule has 1 aromatic rings. The van der Waals surface area contributed by atoms with E-state index in [1.807, 2.05) is 35.2 Å². The van der Waals surface area contributed by atoms with Gasteiger partial charge in [0.15, 0.2) is 0 Å². The molecule has 2 aliphatic heterocycles. The highest BCUT2D eigenvalue weighted by Crippen LogP contribution is 2.22. The molecule has 2 heterocycles. The summed E-state index contributed by atoms with van der Waals surface area (Å²) < 4.78 is 5.81. The van der Waals surface area contributed by atoms with Gasteiger partial charge in [-0.1, -0.05) is 18.2 Å². The molecule has 0 aliphatic carbocycles. The maximum absolute atomic E-state index is 12.5. The quantitative estimate of drug-likeness (QED) is 0.859. The zero-order valence-electron chi connectivity index (χ0n) is 14.3. The Balaban J connectivity index is 1.48. The van der Waals surface area contributed by atoms with Gasteiger partial charge in [0.05, 0.1) is 12.2 Å². The predicted octanol–water partition coefficient (Wildman–Crippen LogP) is 2.65. The first-order valence-electron chi connectivity index (χ1n) is 8.84. The summed E-state index contributed by atoms with van der Waals surface area (Å²) in [4.78, 5) is 17.0. The fraction of sp³-hybridized carbons (Fsp3) is 0.632. The highest BCUT2D eigenvalue weighted by atomic mass is 16.5. The van der Waals surface area contributed by atoms with Crippen molar-refractivity contribution in [3.63, 3.8) is 0 Å². The highest BCUT2D eigenvalue weighted by Gasteiger charge is 2.28. The van der Waals surface area contributed by atoms with Crippen molar-refractivity contribution in [2.24, 2.45) is 5.92 Å². The summed E-state index contributed by atoms with van der Waals surface area (Å²) in [5, 5.41) is 0. The number of benzene rings is 1. The molecule has 0 bridgehead atoms. The van der Waals surface area contributed by atoms with E-state index in [1.165, 1.54) is 0 Å². The average Bonchev–Trinajstić information content (AvgIpc) is 2.55. The van der Waals surface area contributed by atoms with E-state index >= 15 is 0 Å². The summed E-state index contributed by atoms with van der Waals surface area (Å²) in [6, 6.07) is 9.63. The Morgan fingerprint density at radius 1 is 1.09 bits per heavy atom. The Labute approximate surface area is 139 Å². The first kappa shape index (κ1) is 16.5. The van der Waals surface area contributed by atoms with Gasteiger partial charge in [-0.2, -0.15) is 0 Å². The molecule has 2 fully saturated rings. The van der Waals surface area contributed by atoms with Crippen LogP contribution in [0.2, 0.25) is 0 Å². The summed E-state index contributed by atoms with van der Waals surface area (Å²) in [5.74, 6) is 0.880. The maximum atomic E-state index is 12.5. The van der Waals surface area contributed by atoms with Gasteiger partial charge in [0.1, 0.15) is 0 Å². The third-order valence-electron chi connectivity index (χ3n) is 4.93. The molecule has 0 aromatic heterocycles. The predicted molar refractivity (Wildman–Crippen MR) is 91.5 cm³/mol. The summed E-state index contributed by atoms with van der Waals surface area (Å²) >= 11 is 0. The lowest BCUT2D eigenvalue weighted by molar-refractivity contribution is -0.0728. The Morgan fingerprint density at radius 3 is 2.30 bits per heavy atom. The van der Waals surface area contributed by atoms with Gasteiger partial charge in [-0.25, -0.2) is 0 Å². The van der Waals surface area contributed by atoms with Gasteiger partial charge in [0.25, 0.3) is 5.91 Å². The molecule has 1 aromatic carbocycles. The lowest BCUT2D eigenvalue weighted by atomic mass is 9.95. The normalized spacial score (nSPS) is 27.1. The van der Waals surface area contributed by atoms with E-state index in [2.05, 4.69) is 18.7 Å². The molecule has 1 amide bonds. The molecule has 2 aliphatic rings. The molecular weight excluding hydrogens is 288 g/mol. The monoisotopic (exact) mass is 316 g/mol. The van der Waals surface area contributed by atoms with Crippen molar-refractivity contribution in [3.8, 4) is 0 Å². The van der Waals surface area contributed by atoms with E-state index in [4.69, 9.17) is 4.74 Å². The number of carbonyl (C=O) groups is 1. The Morgan fingerprint density at radius 2 is 1.70 bits per heavy atom. The molecule has 23 heavy (non-hydrogen) atoms. The average molecular weight is 316 g/mol. The SMILES string of the molecule is C[C@@H]1CN(CC2CCN(C(=O)c3ccccc3)CC2)C[C@H](C)O1. The highest BCUT2D eigenvalue weighted by molar-refractivity contribution is 5.94. The minimum atomic E-state index is 0.178. The number of hydrogen-bond donors (Lipinski definition) is 0. The standard InChI is InChI=1S/C19H28N2O2/c1-15-12-20(13-16(2)23-15)14-17-8-10-21(11-9-17)19(22)18-6-4-3-5-7-18/h3-7,15-17H,8-14H2,1-2H3/t15-,16+. The smallest absolute Gasteiger partial charge is 0.253 e. The number of rotatable bonds is 3. The second-order valence-electron chi connectivity index (χ2n) is 7.08. The van der Waals surface area contributed by atoms with Gasteiger partial charge >= 0.3 is 0 Å². The number of morpholine rings is 1. The van der Waals surface area contributed by atoms with Crippen molar-refractivity contribution in [1.82, 2.24) is 9.80 Å². The van der Waals surface area contributed by atoms with Crippen LogP contribution in [0.5, 0.6) is 0 Å². The van der Waals surface area contributed by atoms with Crippen molar-refractivity contribution >= 4 is 5.91 Å². The topological polar surface area (TPSA) is 32.8 Å². The van der Waals surface area contributed by atoms with Crippen LogP contribution < -0.4 is 0 Å². The van der Waals surface area contributed by atoms with Gasteiger partial charge in [0, 0.05) is 38.3 Å². The molecule has 3 rings (SSSR count). The van der Waals surface area contributed by atoms with E-state index in [-0.39, 0.29) is 5.91 Å². The van der Waals surface area contributed by atoms with Crippen molar-refractivity contribution in [2.45, 2.75) is 38.9 Å². The first-order valence-corrected chi connectivity index (χ1v) is 8.84. The molecule has 0 radical (unpaired) electrons. The van der Waals surface area contributed by atoms with Gasteiger partial charge < -0.3 is 9.64 Å². The number of hydrogen-bond acceptors (Lipinski definition) is 3. The molecule has 0 N–H and O–H groups in total. The third-order valence-corrected chi connectivity index (χ3v) is 4.93. The van der Waals surface area contributed by atoms with E-state index in [0.717, 1.165) is 51.1 Å². The third kappa shape index (κ3) is 4.33. The second-order valence-corrected chi connectivity index (χ2v) is 7.08. The fourth-order valence-corrected chi connectivity index (χ4v) is 3.88. The van der Waals surface area contributed by atoms with Crippen LogP contribution in [0.1, 0.15) is 37.0 Å². The molecule has 0 spiro atoms. The number of amides is 1. The molecule has 2 atom stereocenters. The lowest BCUT2D eigenvalue weighted by Gasteiger charge is -2.39.